The molecule has 1 saturated heterocycles. The highest BCUT2D eigenvalue weighted by molar-refractivity contribution is 6.38. The topological polar surface area (TPSA) is 163 Å². The number of urea groups is 1. The largest absolute Gasteiger partial charge is 0.460 e. The normalized spacial score (nSPS) is 32.1. The van der Waals surface area contributed by atoms with Crippen molar-refractivity contribution in [3.63, 3.8) is 0 Å². The van der Waals surface area contributed by atoms with Gasteiger partial charge in [0.25, 0.3) is 5.91 Å². The first-order valence-electron chi connectivity index (χ1n) is 20.3. The summed E-state index contributed by atoms with van der Waals surface area (Å²) in [5.41, 5.74) is -1.05. The van der Waals surface area contributed by atoms with Gasteiger partial charge in [-0.3, -0.25) is 24.0 Å². The monoisotopic (exact) mass is 737 g/mol. The van der Waals surface area contributed by atoms with E-state index in [0.29, 0.717) is 30.7 Å². The third kappa shape index (κ3) is 8.77. The minimum Gasteiger partial charge on any atom is -0.460 e. The van der Waals surface area contributed by atoms with Crippen LogP contribution in [0.25, 0.3) is 0 Å². The third-order valence-corrected chi connectivity index (χ3v) is 13.4. The van der Waals surface area contributed by atoms with Gasteiger partial charge in [0.1, 0.15) is 17.7 Å². The minimum absolute atomic E-state index is 0.0293. The lowest BCUT2D eigenvalue weighted by atomic mass is 9.53. The molecule has 6 saturated carbocycles. The molecule has 0 radical (unpaired) electrons. The Hall–Kier alpha value is -3.44. The highest BCUT2D eigenvalue weighted by Crippen LogP contribution is 2.65. The number of ether oxygens (including phenoxy) is 1. The van der Waals surface area contributed by atoms with E-state index >= 15 is 0 Å². The fourth-order valence-corrected chi connectivity index (χ4v) is 11.2. The van der Waals surface area contributed by atoms with Crippen LogP contribution in [0.2, 0.25) is 0 Å². The van der Waals surface area contributed by atoms with Crippen LogP contribution >= 0.6 is 0 Å². The Balaban J connectivity index is 1.14. The Morgan fingerprint density at radius 1 is 0.925 bits per heavy atom. The zero-order valence-electron chi connectivity index (χ0n) is 32.6. The van der Waals surface area contributed by atoms with E-state index in [2.05, 4.69) is 41.7 Å². The number of rotatable bonds is 14. The molecule has 3 unspecified atom stereocenters. The van der Waals surface area contributed by atoms with Crippen molar-refractivity contribution in [2.45, 2.75) is 154 Å². The van der Waals surface area contributed by atoms with E-state index in [1.807, 2.05) is 0 Å². The maximum absolute atomic E-state index is 14.7. The smallest absolute Gasteiger partial charge is 0.315 e. The van der Waals surface area contributed by atoms with Crippen LogP contribution in [0.15, 0.2) is 12.7 Å². The number of Topliss-reactive ketones (excluding diaryl/α,β-unsaturated/α-hetero) is 1. The van der Waals surface area contributed by atoms with Crippen LogP contribution in [-0.4, -0.2) is 82.8 Å². The highest BCUT2D eigenvalue weighted by atomic mass is 16.6. The molecule has 5 atom stereocenters. The molecule has 1 aliphatic heterocycles. The van der Waals surface area contributed by atoms with Gasteiger partial charge in [0.15, 0.2) is 0 Å². The maximum Gasteiger partial charge on any atom is 0.315 e. The maximum atomic E-state index is 14.7. The number of nitrogens with one attached hydrogen (secondary N) is 4. The number of fused-ring (bicyclic) bond motifs is 1. The van der Waals surface area contributed by atoms with Crippen molar-refractivity contribution in [1.29, 1.82) is 0 Å². The van der Waals surface area contributed by atoms with Crippen molar-refractivity contribution in [1.82, 2.24) is 26.2 Å². The summed E-state index contributed by atoms with van der Waals surface area (Å²) in [5, 5.41) is 11.9. The molecule has 6 aliphatic carbocycles. The van der Waals surface area contributed by atoms with E-state index in [9.17, 15) is 28.8 Å². The number of allylic oxidation sites excluding steroid dienone is 1. The van der Waals surface area contributed by atoms with Gasteiger partial charge in [-0.15, -0.1) is 6.58 Å². The van der Waals surface area contributed by atoms with Gasteiger partial charge in [-0.25, -0.2) is 4.79 Å². The van der Waals surface area contributed by atoms with Gasteiger partial charge in [-0.2, -0.15) is 0 Å². The van der Waals surface area contributed by atoms with Gasteiger partial charge in [0, 0.05) is 18.6 Å². The predicted molar refractivity (Wildman–Crippen MR) is 199 cm³/mol. The Morgan fingerprint density at radius 3 is 2.13 bits per heavy atom. The van der Waals surface area contributed by atoms with Gasteiger partial charge >= 0.3 is 12.0 Å². The Morgan fingerprint density at radius 2 is 1.55 bits per heavy atom. The quantitative estimate of drug-likeness (QED) is 0.116. The summed E-state index contributed by atoms with van der Waals surface area (Å²) in [4.78, 5) is 83.0. The summed E-state index contributed by atoms with van der Waals surface area (Å²) in [5.74, 6) is -0.973. The molecular weight excluding hydrogens is 674 g/mol. The molecule has 294 valence electrons. The summed E-state index contributed by atoms with van der Waals surface area (Å²) in [6.07, 6.45) is 13.6. The van der Waals surface area contributed by atoms with E-state index in [4.69, 9.17) is 4.74 Å². The van der Waals surface area contributed by atoms with Gasteiger partial charge in [0.05, 0.1) is 12.5 Å². The number of carbonyl (C=O) groups excluding carboxylic acids is 6. The molecule has 7 fully saturated rings. The van der Waals surface area contributed by atoms with Gasteiger partial charge in [-0.05, 0) is 126 Å². The summed E-state index contributed by atoms with van der Waals surface area (Å²) >= 11 is 0. The van der Waals surface area contributed by atoms with Gasteiger partial charge < -0.3 is 30.9 Å². The number of nitrogens with zero attached hydrogens (tertiary/aromatic N) is 1. The molecule has 0 aromatic rings. The summed E-state index contributed by atoms with van der Waals surface area (Å²) < 4.78 is 5.28. The lowest BCUT2D eigenvalue weighted by Gasteiger charge is -2.56. The van der Waals surface area contributed by atoms with Crippen molar-refractivity contribution >= 4 is 35.5 Å². The molecule has 1 heterocycles. The molecule has 0 spiro atoms. The summed E-state index contributed by atoms with van der Waals surface area (Å²) in [7, 11) is 0. The zero-order chi connectivity index (χ0) is 38.3. The number of carbonyl (C=O) groups is 6. The van der Waals surface area contributed by atoms with Crippen LogP contribution in [0.4, 0.5) is 4.79 Å². The first-order chi connectivity index (χ1) is 25.0. The molecule has 0 aromatic carbocycles. The summed E-state index contributed by atoms with van der Waals surface area (Å²) in [6, 6.07) is -3.02. The number of amides is 5. The van der Waals surface area contributed by atoms with E-state index in [1.165, 1.54) is 19.3 Å². The molecule has 12 heteroatoms. The standard InChI is InChI=1S/C41H63N5O7/c1-7-8-14-29(34(48)36(50)42-16-15-30(47)53-39(2,3)4)43-35(49)33-31-28(40(31,5)6)23-46(33)37(51)32(27-12-10-9-11-13-27)44-38(52)45-41-20-24-17-25(21-41)19-26(18-24)22-41/h7,24-29,31-33H,1,8-23H2,2-6H3,(H,42,50)(H,43,49)(H2,44,45,52)/t24?,25?,26?,28?,29?,31?,32-,33-,41?/m0/s1. The lowest BCUT2D eigenvalue weighted by molar-refractivity contribution is -0.154. The van der Waals surface area contributed by atoms with Crippen molar-refractivity contribution in [3.8, 4) is 0 Å². The second kappa shape index (κ2) is 15.4. The van der Waals surface area contributed by atoms with Crippen LogP contribution in [0.3, 0.4) is 0 Å². The van der Waals surface area contributed by atoms with Crippen molar-refractivity contribution < 1.29 is 33.5 Å². The first kappa shape index (κ1) is 39.3. The minimum atomic E-state index is -1.14. The van der Waals surface area contributed by atoms with Crippen molar-refractivity contribution in [2.24, 2.45) is 40.9 Å². The third-order valence-electron chi connectivity index (χ3n) is 13.4. The molecular formula is C41H63N5O7. The number of hydrogen-bond donors (Lipinski definition) is 4. The predicted octanol–water partition coefficient (Wildman–Crippen LogP) is 4.55. The Labute approximate surface area is 315 Å². The van der Waals surface area contributed by atoms with Gasteiger partial charge in [-0.1, -0.05) is 39.2 Å². The number of hydrogen-bond acceptors (Lipinski definition) is 7. The van der Waals surface area contributed by atoms with Crippen LogP contribution in [0.1, 0.15) is 125 Å². The average Bonchev–Trinajstić information content (AvgIpc) is 3.38. The van der Waals surface area contributed by atoms with E-state index in [0.717, 1.165) is 51.4 Å². The average molecular weight is 738 g/mol. The highest BCUT2D eigenvalue weighted by Gasteiger charge is 2.70. The fraction of sp³-hybridized carbons (Fsp3) is 0.805. The fourth-order valence-electron chi connectivity index (χ4n) is 11.2. The number of piperidine rings is 1. The Kier molecular flexibility index (Phi) is 11.4. The molecule has 7 rings (SSSR count). The van der Waals surface area contributed by atoms with Crippen LogP contribution < -0.4 is 21.3 Å². The molecule has 12 nitrogen and oxygen atoms in total. The lowest BCUT2D eigenvalue weighted by Crippen LogP contribution is -2.64. The van der Waals surface area contributed by atoms with E-state index in [1.54, 1.807) is 31.7 Å². The number of likely N-dealkylation sites (tertiary alicyclic amines) is 1. The van der Waals surface area contributed by atoms with Crippen molar-refractivity contribution in [2.75, 3.05) is 13.1 Å². The molecule has 5 amide bonds. The van der Waals surface area contributed by atoms with Crippen molar-refractivity contribution in [3.05, 3.63) is 12.7 Å². The molecule has 7 aliphatic rings. The second-order valence-electron chi connectivity index (χ2n) is 18.9. The zero-order valence-corrected chi connectivity index (χ0v) is 32.6. The van der Waals surface area contributed by atoms with Crippen LogP contribution in [-0.2, 0) is 28.7 Å². The van der Waals surface area contributed by atoms with Crippen LogP contribution in [0.5, 0.6) is 0 Å². The SMILES string of the molecule is C=CCCC(NC(=O)[C@@H]1C2C(CN1C(=O)[C@@H](NC(=O)NC13CC4CC(CC(C4)C1)C3)C1CCCCC1)C2(C)C)C(=O)C(=O)NCCC(=O)OC(C)(C)C. The molecule has 53 heavy (non-hydrogen) atoms. The number of ketones is 1. The summed E-state index contributed by atoms with van der Waals surface area (Å²) in [6.45, 7) is 13.5. The van der Waals surface area contributed by atoms with Crippen LogP contribution in [0, 0.1) is 40.9 Å². The van der Waals surface area contributed by atoms with E-state index in [-0.39, 0.29) is 60.0 Å². The number of esters is 1. The second-order valence-corrected chi connectivity index (χ2v) is 18.9. The van der Waals surface area contributed by atoms with E-state index < -0.39 is 47.3 Å². The first-order valence-corrected chi connectivity index (χ1v) is 20.3. The molecule has 0 aromatic heterocycles. The van der Waals surface area contributed by atoms with Gasteiger partial charge in [0.2, 0.25) is 17.6 Å². The molecule has 4 N–H and O–H groups in total. The Bertz CT molecular complexity index is 1430. The molecule has 4 bridgehead atoms.